The fraction of sp³-hybridized carbons (Fsp3) is 0.158. The van der Waals surface area contributed by atoms with Crippen LogP contribution in [-0.4, -0.2) is 0 Å². The molecule has 0 aromatic heterocycles. The highest BCUT2D eigenvalue weighted by Crippen LogP contribution is 2.48. The Balaban J connectivity index is 0.000000202. The van der Waals surface area contributed by atoms with Crippen molar-refractivity contribution in [2.24, 2.45) is 0 Å². The smallest absolute Gasteiger partial charge is 0.125 e. The Labute approximate surface area is 130 Å². The minimum absolute atomic E-state index is 0.0707. The van der Waals surface area contributed by atoms with Crippen LogP contribution in [0.15, 0.2) is 67.5 Å². The molecule has 3 heteroatoms. The molecule has 112 valence electrons. The predicted molar refractivity (Wildman–Crippen MR) is 88.9 cm³/mol. The minimum Gasteiger partial charge on any atom is -0.466 e. The number of nitrogens with two attached hydrogens (primary N) is 1. The summed E-state index contributed by atoms with van der Waals surface area (Å²) in [7, 11) is 0. The number of ether oxygens (including phenoxy) is 2. The molecule has 0 amide bonds. The molecule has 1 heterocycles. The quantitative estimate of drug-likeness (QED) is 0.725. The second-order valence-corrected chi connectivity index (χ2v) is 5.79. The molecule has 22 heavy (non-hydrogen) atoms. The maximum atomic E-state index is 5.89. The van der Waals surface area contributed by atoms with Crippen molar-refractivity contribution in [3.05, 3.63) is 78.6 Å². The van der Waals surface area contributed by atoms with E-state index in [9.17, 15) is 0 Å². The van der Waals surface area contributed by atoms with Gasteiger partial charge in [0.1, 0.15) is 25.0 Å². The van der Waals surface area contributed by atoms with Crippen molar-refractivity contribution in [1.29, 1.82) is 0 Å². The maximum absolute atomic E-state index is 5.89. The molecular formula is C19H19NO2. The zero-order valence-electron chi connectivity index (χ0n) is 12.7. The van der Waals surface area contributed by atoms with Crippen molar-refractivity contribution in [2.45, 2.75) is 19.3 Å². The molecule has 1 aliphatic carbocycles. The van der Waals surface area contributed by atoms with Crippen LogP contribution < -0.4 is 5.73 Å². The summed E-state index contributed by atoms with van der Waals surface area (Å²) in [5.41, 5.74) is 12.2. The first kappa shape index (κ1) is 14.3. The summed E-state index contributed by atoms with van der Waals surface area (Å²) >= 11 is 0. The number of anilines is 1. The van der Waals surface area contributed by atoms with E-state index < -0.39 is 0 Å². The molecule has 1 aliphatic heterocycles. The van der Waals surface area contributed by atoms with Crippen LogP contribution in [0, 0.1) is 0 Å². The first-order chi connectivity index (χ1) is 10.6. The maximum Gasteiger partial charge on any atom is 0.125 e. The predicted octanol–water partition coefficient (Wildman–Crippen LogP) is 4.55. The Morgan fingerprint density at radius 2 is 1.36 bits per heavy atom. The van der Waals surface area contributed by atoms with E-state index >= 15 is 0 Å². The fourth-order valence-corrected chi connectivity index (χ4v) is 2.94. The van der Waals surface area contributed by atoms with E-state index in [1.807, 2.05) is 6.07 Å². The monoisotopic (exact) mass is 293 g/mol. The summed E-state index contributed by atoms with van der Waals surface area (Å²) in [5.74, 6) is 0. The summed E-state index contributed by atoms with van der Waals surface area (Å²) in [6, 6.07) is 14.8. The van der Waals surface area contributed by atoms with Crippen molar-refractivity contribution < 1.29 is 9.47 Å². The lowest BCUT2D eigenvalue weighted by molar-refractivity contribution is 0.290. The van der Waals surface area contributed by atoms with Gasteiger partial charge in [-0.05, 0) is 34.4 Å². The summed E-state index contributed by atoms with van der Waals surface area (Å²) < 4.78 is 9.17. The molecule has 0 bridgehead atoms. The van der Waals surface area contributed by atoms with Gasteiger partial charge in [-0.1, -0.05) is 44.2 Å². The molecular weight excluding hydrogens is 274 g/mol. The molecule has 2 aromatic rings. The SMILES string of the molecule is C1=COC=CO1.CC1(C)c2ccccc2-c2ccc(N)cc21. The molecule has 2 N–H and O–H groups in total. The highest BCUT2D eigenvalue weighted by atomic mass is 16.5. The van der Waals surface area contributed by atoms with Crippen molar-refractivity contribution in [2.75, 3.05) is 5.73 Å². The van der Waals surface area contributed by atoms with Crippen LogP contribution in [0.25, 0.3) is 11.1 Å². The summed E-state index contributed by atoms with van der Waals surface area (Å²) in [5, 5.41) is 0. The van der Waals surface area contributed by atoms with Gasteiger partial charge in [0.15, 0.2) is 0 Å². The molecule has 0 radical (unpaired) electrons. The zero-order valence-corrected chi connectivity index (χ0v) is 12.7. The molecule has 0 fully saturated rings. The standard InChI is InChI=1S/C15H15N.C4H4O2/c1-15(2)13-6-4-3-5-11(13)12-8-7-10(16)9-14(12)15;1-2-6-4-3-5-1/h3-9H,16H2,1-2H3;1-4H. The number of hydrogen-bond acceptors (Lipinski definition) is 3. The fourth-order valence-electron chi connectivity index (χ4n) is 2.94. The van der Waals surface area contributed by atoms with E-state index in [1.165, 1.54) is 47.3 Å². The van der Waals surface area contributed by atoms with Gasteiger partial charge >= 0.3 is 0 Å². The van der Waals surface area contributed by atoms with Crippen LogP contribution >= 0.6 is 0 Å². The highest BCUT2D eigenvalue weighted by Gasteiger charge is 2.34. The van der Waals surface area contributed by atoms with E-state index in [1.54, 1.807) is 0 Å². The van der Waals surface area contributed by atoms with Crippen LogP contribution in [0.2, 0.25) is 0 Å². The van der Waals surface area contributed by atoms with Gasteiger partial charge in [0, 0.05) is 11.1 Å². The van der Waals surface area contributed by atoms with Gasteiger partial charge in [0.05, 0.1) is 0 Å². The van der Waals surface area contributed by atoms with Gasteiger partial charge in [-0.2, -0.15) is 0 Å². The van der Waals surface area contributed by atoms with Gasteiger partial charge < -0.3 is 15.2 Å². The van der Waals surface area contributed by atoms with Crippen LogP contribution in [0.1, 0.15) is 25.0 Å². The average Bonchev–Trinajstić information content (AvgIpc) is 2.78. The van der Waals surface area contributed by atoms with Crippen molar-refractivity contribution >= 4 is 5.69 Å². The topological polar surface area (TPSA) is 44.5 Å². The summed E-state index contributed by atoms with van der Waals surface area (Å²) in [6.07, 6.45) is 5.83. The van der Waals surface area contributed by atoms with E-state index in [2.05, 4.69) is 59.7 Å². The third-order valence-electron chi connectivity index (χ3n) is 4.03. The Bertz CT molecular complexity index is 725. The van der Waals surface area contributed by atoms with Crippen LogP contribution in [0.4, 0.5) is 5.69 Å². The Morgan fingerprint density at radius 3 is 2.00 bits per heavy atom. The average molecular weight is 293 g/mol. The first-order valence-corrected chi connectivity index (χ1v) is 7.21. The van der Waals surface area contributed by atoms with Crippen LogP contribution in [0.5, 0.6) is 0 Å². The molecule has 0 atom stereocenters. The second-order valence-electron chi connectivity index (χ2n) is 5.79. The van der Waals surface area contributed by atoms with Gasteiger partial charge in [0.2, 0.25) is 0 Å². The Morgan fingerprint density at radius 1 is 0.773 bits per heavy atom. The number of benzene rings is 2. The Hall–Kier alpha value is -2.68. The second kappa shape index (κ2) is 5.60. The van der Waals surface area contributed by atoms with E-state index in [0.29, 0.717) is 0 Å². The van der Waals surface area contributed by atoms with Crippen molar-refractivity contribution in [3.63, 3.8) is 0 Å². The molecule has 0 spiro atoms. The molecule has 2 aliphatic rings. The number of nitrogen functional groups attached to an aromatic ring is 1. The molecule has 2 aromatic carbocycles. The number of rotatable bonds is 0. The normalized spacial score (nSPS) is 15.7. The third-order valence-corrected chi connectivity index (χ3v) is 4.03. The Kier molecular flexibility index (Phi) is 3.63. The van der Waals surface area contributed by atoms with Gasteiger partial charge in [0.25, 0.3) is 0 Å². The molecule has 3 nitrogen and oxygen atoms in total. The van der Waals surface area contributed by atoms with E-state index in [4.69, 9.17) is 5.73 Å². The highest BCUT2D eigenvalue weighted by molar-refractivity contribution is 5.81. The first-order valence-electron chi connectivity index (χ1n) is 7.21. The van der Waals surface area contributed by atoms with Crippen molar-refractivity contribution in [3.8, 4) is 11.1 Å². The lowest BCUT2D eigenvalue weighted by atomic mass is 9.82. The van der Waals surface area contributed by atoms with Gasteiger partial charge in [-0.15, -0.1) is 0 Å². The summed E-state index contributed by atoms with van der Waals surface area (Å²) in [6.45, 7) is 4.52. The third kappa shape index (κ3) is 2.46. The van der Waals surface area contributed by atoms with E-state index in [0.717, 1.165) is 5.69 Å². The largest absolute Gasteiger partial charge is 0.466 e. The zero-order chi connectivity index (χ0) is 15.6. The van der Waals surface area contributed by atoms with Crippen LogP contribution in [0.3, 0.4) is 0 Å². The van der Waals surface area contributed by atoms with Gasteiger partial charge in [-0.25, -0.2) is 0 Å². The minimum atomic E-state index is 0.0707. The molecule has 4 rings (SSSR count). The number of fused-ring (bicyclic) bond motifs is 3. The lowest BCUT2D eigenvalue weighted by Gasteiger charge is -2.21. The number of hydrogen-bond donors (Lipinski definition) is 1. The molecule has 0 saturated carbocycles. The summed E-state index contributed by atoms with van der Waals surface area (Å²) in [4.78, 5) is 0. The van der Waals surface area contributed by atoms with E-state index in [-0.39, 0.29) is 5.41 Å². The molecule has 0 saturated heterocycles. The lowest BCUT2D eigenvalue weighted by Crippen LogP contribution is -2.15. The van der Waals surface area contributed by atoms with Crippen molar-refractivity contribution in [1.82, 2.24) is 0 Å². The van der Waals surface area contributed by atoms with Crippen LogP contribution in [-0.2, 0) is 14.9 Å². The molecule has 0 unspecified atom stereocenters. The van der Waals surface area contributed by atoms with Gasteiger partial charge in [-0.3, -0.25) is 0 Å².